The molecule has 4 rings (SSSR count). The lowest BCUT2D eigenvalue weighted by molar-refractivity contribution is -0.384. The van der Waals surface area contributed by atoms with Crippen molar-refractivity contribution in [1.29, 1.82) is 0 Å². The molecule has 3 aromatic rings. The van der Waals surface area contributed by atoms with Gasteiger partial charge < -0.3 is 4.74 Å². The number of rotatable bonds is 8. The van der Waals surface area contributed by atoms with Gasteiger partial charge in [0.1, 0.15) is 12.4 Å². The van der Waals surface area contributed by atoms with Crippen LogP contribution in [0, 0.1) is 10.1 Å². The van der Waals surface area contributed by atoms with Gasteiger partial charge in [0, 0.05) is 12.1 Å². The van der Waals surface area contributed by atoms with Gasteiger partial charge in [-0.15, -0.1) is 0 Å². The highest BCUT2D eigenvalue weighted by molar-refractivity contribution is 6.33. The first-order valence-electron chi connectivity index (χ1n) is 10.8. The molecule has 0 saturated carbocycles. The first-order valence-corrected chi connectivity index (χ1v) is 11.2. The lowest BCUT2D eigenvalue weighted by Gasteiger charge is -2.11. The van der Waals surface area contributed by atoms with Gasteiger partial charge in [0.2, 0.25) is 0 Å². The topological polar surface area (TPSA) is 85.0 Å². The van der Waals surface area contributed by atoms with Crippen LogP contribution in [0.4, 0.5) is 11.4 Å². The molecule has 0 spiro atoms. The maximum Gasteiger partial charge on any atom is 0.280 e. The van der Waals surface area contributed by atoms with Gasteiger partial charge in [-0.25, -0.2) is 0 Å². The minimum atomic E-state index is -0.445. The van der Waals surface area contributed by atoms with Crippen molar-refractivity contribution in [3.05, 3.63) is 105 Å². The number of anilines is 1. The number of para-hydroxylation sites is 1. The highest BCUT2D eigenvalue weighted by atomic mass is 35.5. The van der Waals surface area contributed by atoms with Gasteiger partial charge in [-0.2, -0.15) is 10.1 Å². The Morgan fingerprint density at radius 2 is 1.82 bits per heavy atom. The minimum Gasteiger partial charge on any atom is -0.487 e. The van der Waals surface area contributed by atoms with Crippen LogP contribution in [0.25, 0.3) is 6.08 Å². The van der Waals surface area contributed by atoms with Gasteiger partial charge in [-0.3, -0.25) is 14.9 Å². The number of hydrogen-bond donors (Lipinski definition) is 0. The third-order valence-electron chi connectivity index (χ3n) is 5.25. The summed E-state index contributed by atoms with van der Waals surface area (Å²) in [7, 11) is 0. The van der Waals surface area contributed by atoms with E-state index in [1.54, 1.807) is 30.3 Å². The fraction of sp³-hybridized carbons (Fsp3) is 0.154. The fourth-order valence-electron chi connectivity index (χ4n) is 3.53. The van der Waals surface area contributed by atoms with Crippen LogP contribution in [0.5, 0.6) is 5.75 Å². The molecule has 0 unspecified atom stereocenters. The number of nitro benzene ring substituents is 1. The number of ether oxygens (including phenoxy) is 1. The molecule has 8 heteroatoms. The van der Waals surface area contributed by atoms with E-state index in [0.29, 0.717) is 22.8 Å². The number of nitro groups is 1. The first kappa shape index (κ1) is 23.2. The third-order valence-corrected chi connectivity index (χ3v) is 5.55. The Morgan fingerprint density at radius 1 is 1.09 bits per heavy atom. The quantitative estimate of drug-likeness (QED) is 0.214. The van der Waals surface area contributed by atoms with E-state index >= 15 is 0 Å². The average molecular weight is 476 g/mol. The summed E-state index contributed by atoms with van der Waals surface area (Å²) in [5.74, 6) is 0.303. The molecule has 7 nitrogen and oxygen atoms in total. The van der Waals surface area contributed by atoms with Gasteiger partial charge in [0.15, 0.2) is 0 Å². The molecule has 3 aromatic carbocycles. The second kappa shape index (κ2) is 10.3. The summed E-state index contributed by atoms with van der Waals surface area (Å²) in [5, 5.41) is 17.2. The summed E-state index contributed by atoms with van der Waals surface area (Å²) < 4.78 is 5.78. The van der Waals surface area contributed by atoms with Crippen LogP contribution in [-0.2, 0) is 11.4 Å². The minimum absolute atomic E-state index is 0.0254. The Balaban J connectivity index is 1.51. The molecule has 34 heavy (non-hydrogen) atoms. The van der Waals surface area contributed by atoms with Crippen LogP contribution in [0.1, 0.15) is 30.9 Å². The SMILES string of the molecule is CCCC1=NN(c2ccccc2)C(=O)/C1=C\c1ccc(OCc2ccc([N+](=O)[O-])cc2)c(Cl)c1. The summed E-state index contributed by atoms with van der Waals surface area (Å²) in [6.45, 7) is 2.26. The third kappa shape index (κ3) is 5.15. The number of amides is 1. The Hall–Kier alpha value is -3.97. The maximum atomic E-state index is 13.1. The summed E-state index contributed by atoms with van der Waals surface area (Å²) in [5.41, 5.74) is 3.57. The van der Waals surface area contributed by atoms with Crippen molar-refractivity contribution in [1.82, 2.24) is 0 Å². The Kier molecular flexibility index (Phi) is 7.04. The van der Waals surface area contributed by atoms with Gasteiger partial charge in [-0.05, 0) is 60.0 Å². The largest absolute Gasteiger partial charge is 0.487 e. The van der Waals surface area contributed by atoms with Crippen LogP contribution in [0.15, 0.2) is 83.5 Å². The number of halogens is 1. The molecular formula is C26H22ClN3O4. The van der Waals surface area contributed by atoms with Gasteiger partial charge in [0.25, 0.3) is 11.6 Å². The van der Waals surface area contributed by atoms with Gasteiger partial charge >= 0.3 is 0 Å². The van der Waals surface area contributed by atoms with E-state index in [4.69, 9.17) is 16.3 Å². The second-order valence-electron chi connectivity index (χ2n) is 7.71. The molecule has 0 bridgehead atoms. The number of benzene rings is 3. The lowest BCUT2D eigenvalue weighted by Crippen LogP contribution is -2.21. The number of carbonyl (C=O) groups is 1. The van der Waals surface area contributed by atoms with Crippen molar-refractivity contribution in [2.45, 2.75) is 26.4 Å². The van der Waals surface area contributed by atoms with Gasteiger partial charge in [0.05, 0.1) is 26.9 Å². The van der Waals surface area contributed by atoms with Crippen LogP contribution < -0.4 is 9.75 Å². The van der Waals surface area contributed by atoms with E-state index in [1.165, 1.54) is 17.1 Å². The molecule has 1 aliphatic heterocycles. The number of carbonyl (C=O) groups excluding carboxylic acids is 1. The van der Waals surface area contributed by atoms with Crippen LogP contribution in [0.3, 0.4) is 0 Å². The molecule has 0 N–H and O–H groups in total. The zero-order valence-corrected chi connectivity index (χ0v) is 19.2. The van der Waals surface area contributed by atoms with Crippen LogP contribution >= 0.6 is 11.6 Å². The average Bonchev–Trinajstić information content (AvgIpc) is 3.14. The fourth-order valence-corrected chi connectivity index (χ4v) is 3.78. The summed E-state index contributed by atoms with van der Waals surface area (Å²) in [4.78, 5) is 23.5. The highest BCUT2D eigenvalue weighted by Crippen LogP contribution is 2.30. The molecule has 1 aliphatic rings. The Morgan fingerprint density at radius 3 is 2.47 bits per heavy atom. The van der Waals surface area contributed by atoms with Crippen molar-refractivity contribution in [3.8, 4) is 5.75 Å². The monoisotopic (exact) mass is 475 g/mol. The predicted octanol–water partition coefficient (Wildman–Crippen LogP) is 6.41. The smallest absolute Gasteiger partial charge is 0.280 e. The summed E-state index contributed by atoms with van der Waals surface area (Å²) >= 11 is 6.44. The van der Waals surface area contributed by atoms with E-state index in [-0.39, 0.29) is 18.2 Å². The zero-order chi connectivity index (χ0) is 24.1. The predicted molar refractivity (Wildman–Crippen MR) is 133 cm³/mol. The van der Waals surface area contributed by atoms with Crippen molar-refractivity contribution < 1.29 is 14.5 Å². The van der Waals surface area contributed by atoms with Crippen molar-refractivity contribution >= 4 is 40.7 Å². The second-order valence-corrected chi connectivity index (χ2v) is 8.12. The van der Waals surface area contributed by atoms with Crippen molar-refractivity contribution in [3.63, 3.8) is 0 Å². The molecule has 0 aromatic heterocycles. The number of nitrogens with zero attached hydrogens (tertiary/aromatic N) is 3. The normalized spacial score (nSPS) is 14.4. The van der Waals surface area contributed by atoms with Crippen LogP contribution in [-0.4, -0.2) is 16.5 Å². The molecule has 0 fully saturated rings. The molecule has 1 heterocycles. The number of hydrazone groups is 1. The van der Waals surface area contributed by atoms with E-state index < -0.39 is 4.92 Å². The molecule has 0 aliphatic carbocycles. The van der Waals surface area contributed by atoms with E-state index in [2.05, 4.69) is 5.10 Å². The standard InChI is InChI=1S/C26H22ClN3O4/c1-2-6-24-22(26(31)29(28-24)20-7-4-3-5-8-20)15-19-11-14-25(23(27)16-19)34-17-18-9-12-21(13-10-18)30(32)33/h3-5,7-16H,2,6,17H2,1H3/b22-15-. The zero-order valence-electron chi connectivity index (χ0n) is 18.5. The molecule has 1 amide bonds. The van der Waals surface area contributed by atoms with E-state index in [9.17, 15) is 14.9 Å². The Labute approximate surface area is 202 Å². The molecule has 0 radical (unpaired) electrons. The van der Waals surface area contributed by atoms with Crippen molar-refractivity contribution in [2.75, 3.05) is 5.01 Å². The molecule has 0 saturated heterocycles. The van der Waals surface area contributed by atoms with Gasteiger partial charge in [-0.1, -0.05) is 49.2 Å². The van der Waals surface area contributed by atoms with Crippen molar-refractivity contribution in [2.24, 2.45) is 5.10 Å². The van der Waals surface area contributed by atoms with E-state index in [1.807, 2.05) is 43.3 Å². The van der Waals surface area contributed by atoms with Crippen LogP contribution in [0.2, 0.25) is 5.02 Å². The van der Waals surface area contributed by atoms with E-state index in [0.717, 1.165) is 28.9 Å². The Bertz CT molecular complexity index is 1270. The molecule has 172 valence electrons. The molecular weight excluding hydrogens is 454 g/mol. The number of hydrogen-bond acceptors (Lipinski definition) is 5. The molecule has 0 atom stereocenters. The lowest BCUT2D eigenvalue weighted by atomic mass is 10.0. The highest BCUT2D eigenvalue weighted by Gasteiger charge is 2.30. The summed E-state index contributed by atoms with van der Waals surface area (Å²) in [6.07, 6.45) is 3.35. The maximum absolute atomic E-state index is 13.1. The summed E-state index contributed by atoms with van der Waals surface area (Å²) in [6, 6.07) is 20.8. The number of non-ortho nitro benzene ring substituents is 1. The first-order chi connectivity index (χ1) is 16.5.